The molecule has 41 heavy (non-hydrogen) atoms. The number of ether oxygens (including phenoxy) is 1. The van der Waals surface area contributed by atoms with Gasteiger partial charge in [-0.3, -0.25) is 10.0 Å². The molecule has 4 rings (SSSR count). The van der Waals surface area contributed by atoms with Crippen LogP contribution in [-0.2, 0) is 14.8 Å². The van der Waals surface area contributed by atoms with Crippen molar-refractivity contribution in [2.45, 2.75) is 37.4 Å². The number of anilines is 1. The largest absolute Gasteiger partial charge is 0.494 e. The van der Waals surface area contributed by atoms with Crippen LogP contribution in [0.15, 0.2) is 24.3 Å². The van der Waals surface area contributed by atoms with E-state index in [1.807, 2.05) is 31.3 Å². The van der Waals surface area contributed by atoms with E-state index in [1.165, 1.54) is 4.31 Å². The first-order valence-electron chi connectivity index (χ1n) is 13.9. The van der Waals surface area contributed by atoms with Gasteiger partial charge in [0.1, 0.15) is 5.75 Å². The van der Waals surface area contributed by atoms with Crippen LogP contribution < -0.4 is 15.1 Å². The molecule has 3 amide bonds. The first-order chi connectivity index (χ1) is 18.7. The van der Waals surface area contributed by atoms with Gasteiger partial charge in [0.2, 0.25) is 10.0 Å². The standard InChI is InChI=1S/C26H42N6O6S.2ClH/c1-3-4-21-38-23-7-5-22(6-8-23)29-17-19-32(20-18-29)39(36,37)26(24(33)27-35)9-11-30(12-10-26)25(34)31-15-13-28(2)14-16-31;;/h5-8,35H,3-4,9-21H2,1-2H3,(H,27,33);2*1H. The van der Waals surface area contributed by atoms with Gasteiger partial charge in [-0.05, 0) is 50.6 Å². The number of nitrogens with zero attached hydrogens (tertiary/aromatic N) is 5. The number of urea groups is 1. The zero-order valence-electron chi connectivity index (χ0n) is 23.9. The molecule has 12 nitrogen and oxygen atoms in total. The van der Waals surface area contributed by atoms with E-state index in [1.54, 1.807) is 15.3 Å². The summed E-state index contributed by atoms with van der Waals surface area (Å²) in [5.41, 5.74) is 2.58. The van der Waals surface area contributed by atoms with Crippen molar-refractivity contribution in [2.24, 2.45) is 0 Å². The summed E-state index contributed by atoms with van der Waals surface area (Å²) in [5.74, 6) is -0.127. The molecular weight excluding hydrogens is 595 g/mol. The lowest BCUT2D eigenvalue weighted by atomic mass is 9.95. The van der Waals surface area contributed by atoms with E-state index in [0.29, 0.717) is 32.8 Å². The number of piperazine rings is 2. The molecular formula is C26H44Cl2N6O6S. The number of hydrogen-bond acceptors (Lipinski definition) is 8. The summed E-state index contributed by atoms with van der Waals surface area (Å²) in [6.07, 6.45) is 1.93. The van der Waals surface area contributed by atoms with Crippen molar-refractivity contribution in [3.8, 4) is 5.75 Å². The lowest BCUT2D eigenvalue weighted by Crippen LogP contribution is -2.64. The fraction of sp³-hybridized carbons (Fsp3) is 0.692. The summed E-state index contributed by atoms with van der Waals surface area (Å²) in [6.45, 7) is 7.25. The number of unbranched alkanes of at least 4 members (excludes halogenated alkanes) is 1. The van der Waals surface area contributed by atoms with Crippen LogP contribution in [0.1, 0.15) is 32.6 Å². The van der Waals surface area contributed by atoms with Crippen LogP contribution >= 0.6 is 24.8 Å². The molecule has 2 N–H and O–H groups in total. The van der Waals surface area contributed by atoms with Crippen LogP contribution in [0.3, 0.4) is 0 Å². The Hall–Kier alpha value is -2.03. The highest BCUT2D eigenvalue weighted by molar-refractivity contribution is 7.91. The summed E-state index contributed by atoms with van der Waals surface area (Å²) < 4.78 is 33.0. The van der Waals surface area contributed by atoms with Gasteiger partial charge in [0, 0.05) is 71.1 Å². The van der Waals surface area contributed by atoms with Gasteiger partial charge in [0.05, 0.1) is 6.61 Å². The molecule has 3 saturated heterocycles. The Morgan fingerprint density at radius 1 is 0.902 bits per heavy atom. The second-order valence-electron chi connectivity index (χ2n) is 10.6. The first-order valence-corrected chi connectivity index (χ1v) is 15.3. The topological polar surface area (TPSA) is 126 Å². The number of sulfonamides is 1. The van der Waals surface area contributed by atoms with Crippen molar-refractivity contribution >= 4 is 52.5 Å². The summed E-state index contributed by atoms with van der Waals surface area (Å²) in [4.78, 5) is 33.6. The lowest BCUT2D eigenvalue weighted by Gasteiger charge is -2.45. The molecule has 0 aromatic heterocycles. The molecule has 15 heteroatoms. The van der Waals surface area contributed by atoms with Crippen LogP contribution in [0.2, 0.25) is 0 Å². The van der Waals surface area contributed by atoms with E-state index in [2.05, 4.69) is 16.7 Å². The number of piperidine rings is 1. The van der Waals surface area contributed by atoms with Gasteiger partial charge in [-0.25, -0.2) is 18.7 Å². The van der Waals surface area contributed by atoms with Crippen molar-refractivity contribution < 1.29 is 28.0 Å². The second-order valence-corrected chi connectivity index (χ2v) is 12.8. The third-order valence-electron chi connectivity index (χ3n) is 8.17. The number of carbonyl (C=O) groups excluding carboxylic acids is 2. The minimum absolute atomic E-state index is 0. The maximum absolute atomic E-state index is 13.9. The predicted molar refractivity (Wildman–Crippen MR) is 162 cm³/mol. The third-order valence-corrected chi connectivity index (χ3v) is 10.8. The number of halogens is 2. The molecule has 0 unspecified atom stereocenters. The van der Waals surface area contributed by atoms with Crippen molar-refractivity contribution in [3.05, 3.63) is 24.3 Å². The fourth-order valence-corrected chi connectivity index (χ4v) is 7.60. The van der Waals surface area contributed by atoms with Crippen LogP contribution in [0.5, 0.6) is 5.75 Å². The smallest absolute Gasteiger partial charge is 0.320 e. The van der Waals surface area contributed by atoms with E-state index in [-0.39, 0.29) is 69.9 Å². The number of hydrogen-bond donors (Lipinski definition) is 2. The van der Waals surface area contributed by atoms with Gasteiger partial charge in [-0.1, -0.05) is 13.3 Å². The number of likely N-dealkylation sites (N-methyl/N-ethyl adjacent to an activating group) is 1. The maximum atomic E-state index is 13.9. The van der Waals surface area contributed by atoms with Crippen molar-refractivity contribution in [2.75, 3.05) is 84.0 Å². The molecule has 0 bridgehead atoms. The second kappa shape index (κ2) is 15.4. The van der Waals surface area contributed by atoms with E-state index in [9.17, 15) is 23.2 Å². The highest BCUT2D eigenvalue weighted by Gasteiger charge is 2.55. The molecule has 3 heterocycles. The van der Waals surface area contributed by atoms with Gasteiger partial charge in [-0.15, -0.1) is 24.8 Å². The third kappa shape index (κ3) is 7.68. The molecule has 0 radical (unpaired) electrons. The van der Waals surface area contributed by atoms with Crippen molar-refractivity contribution in [1.82, 2.24) is 24.5 Å². The summed E-state index contributed by atoms with van der Waals surface area (Å²) in [6, 6.07) is 7.66. The van der Waals surface area contributed by atoms with Crippen LogP contribution in [0, 0.1) is 0 Å². The van der Waals surface area contributed by atoms with Crippen LogP contribution in [0.4, 0.5) is 10.5 Å². The Morgan fingerprint density at radius 2 is 1.46 bits per heavy atom. The van der Waals surface area contributed by atoms with Crippen LogP contribution in [0.25, 0.3) is 0 Å². The van der Waals surface area contributed by atoms with Crippen LogP contribution in [-0.4, -0.2) is 128 Å². The molecule has 1 aromatic carbocycles. The number of carbonyl (C=O) groups is 2. The number of hydroxylamine groups is 1. The van der Waals surface area contributed by atoms with Gasteiger partial charge in [0.15, 0.2) is 4.75 Å². The number of rotatable bonds is 8. The summed E-state index contributed by atoms with van der Waals surface area (Å²) in [5, 5.41) is 9.50. The monoisotopic (exact) mass is 638 g/mol. The van der Waals surface area contributed by atoms with Gasteiger partial charge in [0.25, 0.3) is 5.91 Å². The number of amides is 3. The molecule has 234 valence electrons. The van der Waals surface area contributed by atoms with E-state index >= 15 is 0 Å². The predicted octanol–water partition coefficient (Wildman–Crippen LogP) is 1.87. The average Bonchev–Trinajstić information content (AvgIpc) is 2.97. The highest BCUT2D eigenvalue weighted by Crippen LogP contribution is 2.35. The van der Waals surface area contributed by atoms with Gasteiger partial charge < -0.3 is 24.3 Å². The molecule has 0 spiro atoms. The van der Waals surface area contributed by atoms with Gasteiger partial charge in [-0.2, -0.15) is 4.31 Å². The number of benzene rings is 1. The molecule has 3 aliphatic rings. The Labute approximate surface area is 255 Å². The minimum atomic E-state index is -4.11. The SMILES string of the molecule is CCCCOc1ccc(N2CCN(S(=O)(=O)C3(C(=O)NO)CCN(C(=O)N4CCN(C)CC4)CC3)CC2)cc1.Cl.Cl. The molecule has 0 saturated carbocycles. The van der Waals surface area contributed by atoms with Crippen molar-refractivity contribution in [3.63, 3.8) is 0 Å². The average molecular weight is 640 g/mol. The van der Waals surface area contributed by atoms with E-state index in [0.717, 1.165) is 37.4 Å². The zero-order chi connectivity index (χ0) is 28.0. The van der Waals surface area contributed by atoms with E-state index < -0.39 is 20.7 Å². The Bertz CT molecular complexity index is 1090. The Balaban J connectivity index is 0.00000294. The highest BCUT2D eigenvalue weighted by atomic mass is 35.5. The summed E-state index contributed by atoms with van der Waals surface area (Å²) >= 11 is 0. The van der Waals surface area contributed by atoms with E-state index in [4.69, 9.17) is 4.74 Å². The molecule has 3 fully saturated rings. The minimum Gasteiger partial charge on any atom is -0.494 e. The Kier molecular flexibility index (Phi) is 13.2. The molecule has 1 aromatic rings. The molecule has 0 atom stereocenters. The lowest BCUT2D eigenvalue weighted by molar-refractivity contribution is -0.133. The summed E-state index contributed by atoms with van der Waals surface area (Å²) in [7, 11) is -2.10. The maximum Gasteiger partial charge on any atom is 0.320 e. The number of likely N-dealkylation sites (tertiary alicyclic amines) is 1. The Morgan fingerprint density at radius 3 is 2.00 bits per heavy atom. The quantitative estimate of drug-likeness (QED) is 0.251. The molecule has 3 aliphatic heterocycles. The fourth-order valence-electron chi connectivity index (χ4n) is 5.48. The zero-order valence-corrected chi connectivity index (χ0v) is 26.3. The molecule has 0 aliphatic carbocycles. The van der Waals surface area contributed by atoms with Gasteiger partial charge >= 0.3 is 6.03 Å². The first kappa shape index (κ1) is 35.2. The van der Waals surface area contributed by atoms with Crippen molar-refractivity contribution in [1.29, 1.82) is 0 Å². The normalized spacial score (nSPS) is 20.0. The number of nitrogens with one attached hydrogen (secondary N) is 1.